The van der Waals surface area contributed by atoms with Gasteiger partial charge in [0.2, 0.25) is 5.91 Å². The number of thiophene rings is 1. The zero-order valence-corrected chi connectivity index (χ0v) is 16.1. The van der Waals surface area contributed by atoms with Gasteiger partial charge in [0.1, 0.15) is 16.5 Å². The van der Waals surface area contributed by atoms with Crippen LogP contribution in [0.3, 0.4) is 0 Å². The topological polar surface area (TPSA) is 92.7 Å². The third-order valence-electron chi connectivity index (χ3n) is 4.38. The van der Waals surface area contributed by atoms with Crippen molar-refractivity contribution in [1.29, 1.82) is 0 Å². The largest absolute Gasteiger partial charge is 0.311 e. The number of aromatic amines is 1. The Morgan fingerprint density at radius 2 is 2.19 bits per heavy atom. The van der Waals surface area contributed by atoms with E-state index in [1.54, 1.807) is 16.9 Å². The number of rotatable bonds is 7. The van der Waals surface area contributed by atoms with E-state index in [0.717, 1.165) is 34.7 Å². The molecule has 0 unspecified atom stereocenters. The molecule has 7 nitrogen and oxygen atoms in total. The molecule has 0 radical (unpaired) electrons. The molecule has 0 aromatic carbocycles. The van der Waals surface area contributed by atoms with Crippen LogP contribution in [0.4, 0.5) is 5.82 Å². The fourth-order valence-electron chi connectivity index (χ4n) is 2.78. The molecule has 0 aliphatic heterocycles. The van der Waals surface area contributed by atoms with Gasteiger partial charge in [-0.15, -0.1) is 11.3 Å². The van der Waals surface area contributed by atoms with Crippen molar-refractivity contribution in [2.24, 2.45) is 0 Å². The van der Waals surface area contributed by atoms with Crippen LogP contribution in [0.25, 0.3) is 10.2 Å². The lowest BCUT2D eigenvalue weighted by Crippen LogP contribution is -2.18. The maximum absolute atomic E-state index is 12.3. The predicted octanol–water partition coefficient (Wildman–Crippen LogP) is 3.17. The number of hydrogen-bond acceptors (Lipinski definition) is 5. The van der Waals surface area contributed by atoms with Crippen LogP contribution >= 0.6 is 11.3 Å². The van der Waals surface area contributed by atoms with E-state index >= 15 is 0 Å². The summed E-state index contributed by atoms with van der Waals surface area (Å²) in [4.78, 5) is 33.7. The Balaban J connectivity index is 1.66. The molecule has 0 spiro atoms. The molecular weight excluding hydrogens is 350 g/mol. The molecule has 0 saturated heterocycles. The Morgan fingerprint density at radius 1 is 1.38 bits per heavy atom. The van der Waals surface area contributed by atoms with Gasteiger partial charge in [0, 0.05) is 30.3 Å². The van der Waals surface area contributed by atoms with Crippen LogP contribution < -0.4 is 10.9 Å². The highest BCUT2D eigenvalue weighted by molar-refractivity contribution is 7.18. The number of carbonyl (C=O) groups excluding carboxylic acids is 1. The van der Waals surface area contributed by atoms with Gasteiger partial charge in [0.25, 0.3) is 5.56 Å². The molecule has 3 aromatic rings. The number of amides is 1. The summed E-state index contributed by atoms with van der Waals surface area (Å²) in [5.74, 6) is 1.12. The Hall–Kier alpha value is -2.48. The zero-order valence-electron chi connectivity index (χ0n) is 15.3. The van der Waals surface area contributed by atoms with Gasteiger partial charge >= 0.3 is 0 Å². The van der Waals surface area contributed by atoms with Crippen molar-refractivity contribution >= 4 is 33.3 Å². The number of anilines is 1. The highest BCUT2D eigenvalue weighted by Gasteiger charge is 2.13. The van der Waals surface area contributed by atoms with Crippen LogP contribution in [0, 0.1) is 13.8 Å². The second-order valence-corrected chi connectivity index (χ2v) is 7.52. The minimum absolute atomic E-state index is 0.121. The lowest BCUT2D eigenvalue weighted by atomic mass is 10.2. The summed E-state index contributed by atoms with van der Waals surface area (Å²) < 4.78 is 1.80. The van der Waals surface area contributed by atoms with Gasteiger partial charge in [-0.2, -0.15) is 5.10 Å². The van der Waals surface area contributed by atoms with Crippen LogP contribution in [0.15, 0.2) is 17.1 Å². The monoisotopic (exact) mass is 373 g/mol. The van der Waals surface area contributed by atoms with Gasteiger partial charge in [-0.1, -0.05) is 13.3 Å². The molecule has 3 heterocycles. The van der Waals surface area contributed by atoms with Gasteiger partial charge in [-0.05, 0) is 25.8 Å². The van der Waals surface area contributed by atoms with E-state index in [9.17, 15) is 9.59 Å². The normalized spacial score (nSPS) is 11.2. The molecule has 8 heteroatoms. The smallest absolute Gasteiger partial charge is 0.259 e. The average molecular weight is 373 g/mol. The first-order valence-electron chi connectivity index (χ1n) is 8.80. The Kier molecular flexibility index (Phi) is 5.51. The molecule has 26 heavy (non-hydrogen) atoms. The zero-order chi connectivity index (χ0) is 18.7. The minimum atomic E-state index is -0.134. The van der Waals surface area contributed by atoms with Crippen molar-refractivity contribution in [3.63, 3.8) is 0 Å². The second kappa shape index (κ2) is 7.82. The van der Waals surface area contributed by atoms with Crippen molar-refractivity contribution in [2.45, 2.75) is 53.0 Å². The van der Waals surface area contributed by atoms with E-state index in [1.807, 2.05) is 13.8 Å². The maximum Gasteiger partial charge on any atom is 0.259 e. The van der Waals surface area contributed by atoms with E-state index in [4.69, 9.17) is 0 Å². The quantitative estimate of drug-likeness (QED) is 0.665. The predicted molar refractivity (Wildman–Crippen MR) is 104 cm³/mol. The molecule has 3 rings (SSSR count). The second-order valence-electron chi connectivity index (χ2n) is 6.32. The Bertz CT molecular complexity index is 985. The van der Waals surface area contributed by atoms with E-state index < -0.39 is 0 Å². The van der Waals surface area contributed by atoms with Crippen molar-refractivity contribution < 1.29 is 4.79 Å². The van der Waals surface area contributed by atoms with Crippen molar-refractivity contribution in [3.05, 3.63) is 38.9 Å². The van der Waals surface area contributed by atoms with Gasteiger partial charge in [0.05, 0.1) is 11.6 Å². The summed E-state index contributed by atoms with van der Waals surface area (Å²) in [5, 5.41) is 7.76. The van der Waals surface area contributed by atoms with Crippen molar-refractivity contribution in [1.82, 2.24) is 19.7 Å². The number of fused-ring (bicyclic) bond motifs is 1. The van der Waals surface area contributed by atoms with Crippen LogP contribution in [-0.4, -0.2) is 25.7 Å². The summed E-state index contributed by atoms with van der Waals surface area (Å²) in [5.41, 5.74) is 0.841. The molecule has 138 valence electrons. The van der Waals surface area contributed by atoms with Crippen molar-refractivity contribution in [2.75, 3.05) is 5.32 Å². The summed E-state index contributed by atoms with van der Waals surface area (Å²) in [6.45, 7) is 6.81. The molecule has 0 bridgehead atoms. The first kappa shape index (κ1) is 18.3. The number of H-pyrrole nitrogens is 1. The summed E-state index contributed by atoms with van der Waals surface area (Å²) in [7, 11) is 0. The van der Waals surface area contributed by atoms with Crippen LogP contribution in [0.1, 0.15) is 42.5 Å². The molecule has 0 saturated carbocycles. The number of hydrogen-bond donors (Lipinski definition) is 2. The summed E-state index contributed by atoms with van der Waals surface area (Å²) in [6.07, 6.45) is 4.39. The number of unbranched alkanes of at least 4 members (excludes halogenated alkanes) is 1. The molecule has 0 aliphatic carbocycles. The molecule has 0 fully saturated rings. The molecule has 0 aliphatic rings. The number of aryl methyl sites for hydroxylation is 4. The summed E-state index contributed by atoms with van der Waals surface area (Å²) in [6, 6.07) is 1.79. The Labute approximate surface area is 155 Å². The average Bonchev–Trinajstić information content (AvgIpc) is 3.15. The lowest BCUT2D eigenvalue weighted by Gasteiger charge is -2.08. The number of aromatic nitrogens is 4. The van der Waals surface area contributed by atoms with Gasteiger partial charge in [-0.3, -0.25) is 9.59 Å². The fraction of sp³-hybridized carbons (Fsp3) is 0.444. The summed E-state index contributed by atoms with van der Waals surface area (Å²) >= 11 is 1.51. The van der Waals surface area contributed by atoms with E-state index in [-0.39, 0.29) is 17.9 Å². The molecular formula is C18H23N5O2S. The molecule has 2 N–H and O–H groups in total. The highest BCUT2D eigenvalue weighted by atomic mass is 32.1. The molecule has 3 aromatic heterocycles. The number of nitrogens with one attached hydrogen (secondary N) is 2. The first-order chi connectivity index (χ1) is 12.5. The minimum Gasteiger partial charge on any atom is -0.311 e. The standard InChI is InChI=1S/C18H23N5O2S/c1-4-5-10-23-14(8-9-19-23)22-15(24)7-6-13-20-17(25)16-11(2)12(3)26-18(16)21-13/h8-9H,4-7,10H2,1-3H3,(H,22,24)(H,20,21,25). The SMILES string of the molecule is CCCCn1nccc1NC(=O)CCc1nc2sc(C)c(C)c2c(=O)[nH]1. The fourth-order valence-corrected chi connectivity index (χ4v) is 3.83. The van der Waals surface area contributed by atoms with E-state index in [1.165, 1.54) is 11.3 Å². The maximum atomic E-state index is 12.3. The van der Waals surface area contributed by atoms with E-state index in [0.29, 0.717) is 23.4 Å². The first-order valence-corrected chi connectivity index (χ1v) is 9.61. The molecule has 0 atom stereocenters. The highest BCUT2D eigenvalue weighted by Crippen LogP contribution is 2.25. The third kappa shape index (κ3) is 3.85. The van der Waals surface area contributed by atoms with Crippen LogP contribution in [-0.2, 0) is 17.8 Å². The van der Waals surface area contributed by atoms with Gasteiger partial charge in [0.15, 0.2) is 0 Å². The third-order valence-corrected chi connectivity index (χ3v) is 5.49. The number of nitrogens with zero attached hydrogens (tertiary/aromatic N) is 3. The lowest BCUT2D eigenvalue weighted by molar-refractivity contribution is -0.116. The van der Waals surface area contributed by atoms with Gasteiger partial charge < -0.3 is 10.3 Å². The molecule has 1 amide bonds. The van der Waals surface area contributed by atoms with Gasteiger partial charge in [-0.25, -0.2) is 9.67 Å². The van der Waals surface area contributed by atoms with Crippen LogP contribution in [0.5, 0.6) is 0 Å². The van der Waals surface area contributed by atoms with E-state index in [2.05, 4.69) is 27.3 Å². The Morgan fingerprint density at radius 3 is 2.96 bits per heavy atom. The van der Waals surface area contributed by atoms with Crippen LogP contribution in [0.2, 0.25) is 0 Å². The number of carbonyl (C=O) groups is 1. The van der Waals surface area contributed by atoms with Crippen molar-refractivity contribution in [3.8, 4) is 0 Å².